The molecule has 2 aliphatic rings. The maximum absolute atomic E-state index is 8.34. The first kappa shape index (κ1) is 10.3. The van der Waals surface area contributed by atoms with Gasteiger partial charge in [-0.25, -0.2) is 0 Å². The molecule has 0 spiro atoms. The second-order valence-corrected chi connectivity index (χ2v) is 3.61. The fraction of sp³-hybridized carbons (Fsp3) is 0.0714. The summed E-state index contributed by atoms with van der Waals surface area (Å²) in [6.45, 7) is 0. The summed E-state index contributed by atoms with van der Waals surface area (Å²) in [6.07, 6.45) is 0.396. The third-order valence-corrected chi connectivity index (χ3v) is 2.44. The van der Waals surface area contributed by atoms with Crippen molar-refractivity contribution < 1.29 is 0 Å². The highest BCUT2D eigenvalue weighted by Gasteiger charge is 2.06. The van der Waals surface area contributed by atoms with E-state index in [1.165, 1.54) is 11.1 Å². The SMILES string of the molecule is N#CCc1ccccc1N.c1cc2cc-2c1. The predicted octanol–water partition coefficient (Wildman–Crippen LogP) is 3.00. The lowest BCUT2D eigenvalue weighted by Crippen LogP contribution is -1.91. The lowest BCUT2D eigenvalue weighted by Gasteiger charge is -1.97. The van der Waals surface area contributed by atoms with Gasteiger partial charge in [0, 0.05) is 5.69 Å². The van der Waals surface area contributed by atoms with E-state index < -0.39 is 0 Å². The first-order chi connectivity index (χ1) is 7.81. The summed E-state index contributed by atoms with van der Waals surface area (Å²) in [7, 11) is 0. The Morgan fingerprint density at radius 3 is 2.12 bits per heavy atom. The second kappa shape index (κ2) is 4.50. The van der Waals surface area contributed by atoms with Crippen molar-refractivity contribution in [3.05, 3.63) is 54.1 Å². The summed E-state index contributed by atoms with van der Waals surface area (Å²) in [4.78, 5) is 0. The summed E-state index contributed by atoms with van der Waals surface area (Å²) in [5.41, 5.74) is 10.0. The number of hydrogen-bond acceptors (Lipinski definition) is 2. The van der Waals surface area contributed by atoms with E-state index in [0.717, 1.165) is 5.56 Å². The molecule has 1 aromatic rings. The van der Waals surface area contributed by atoms with Crippen LogP contribution < -0.4 is 5.73 Å². The van der Waals surface area contributed by atoms with Crippen LogP contribution in [0.5, 0.6) is 0 Å². The monoisotopic (exact) mass is 208 g/mol. The van der Waals surface area contributed by atoms with E-state index in [9.17, 15) is 0 Å². The number of rotatable bonds is 1. The molecule has 3 rings (SSSR count). The van der Waals surface area contributed by atoms with Crippen LogP contribution in [0.3, 0.4) is 0 Å². The van der Waals surface area contributed by atoms with Gasteiger partial charge in [0.2, 0.25) is 0 Å². The van der Waals surface area contributed by atoms with Crippen molar-refractivity contribution in [1.82, 2.24) is 0 Å². The Morgan fingerprint density at radius 2 is 1.69 bits per heavy atom. The van der Waals surface area contributed by atoms with Gasteiger partial charge in [-0.05, 0) is 28.8 Å². The first-order valence-electron chi connectivity index (χ1n) is 5.12. The maximum Gasteiger partial charge on any atom is 0.0670 e. The van der Waals surface area contributed by atoms with Gasteiger partial charge in [0.25, 0.3) is 0 Å². The lowest BCUT2D eigenvalue weighted by atomic mass is 10.1. The summed E-state index contributed by atoms with van der Waals surface area (Å²) in [5, 5.41) is 8.34. The number of fused-ring (bicyclic) bond motifs is 1. The minimum atomic E-state index is 0.396. The van der Waals surface area contributed by atoms with E-state index in [1.807, 2.05) is 24.3 Å². The average molecular weight is 208 g/mol. The standard InChI is InChI=1S/C8H8N2.C6H4/c9-6-5-7-3-1-2-4-8(7)10;1-2-5-4-6(5)3-1/h1-4H,5,10H2;1-4H. The summed E-state index contributed by atoms with van der Waals surface area (Å²) in [5.74, 6) is 0. The van der Waals surface area contributed by atoms with Gasteiger partial charge in [-0.15, -0.1) is 0 Å². The molecule has 0 saturated heterocycles. The Balaban J connectivity index is 0.000000134. The van der Waals surface area contributed by atoms with Crippen molar-refractivity contribution in [3.63, 3.8) is 0 Å². The summed E-state index contributed by atoms with van der Waals surface area (Å²) in [6, 6.07) is 17.9. The van der Waals surface area contributed by atoms with Crippen LogP contribution in [0.2, 0.25) is 0 Å². The number of nitrogens with two attached hydrogens (primary N) is 1. The number of para-hydroxylation sites is 1. The lowest BCUT2D eigenvalue weighted by molar-refractivity contribution is 1.27. The smallest absolute Gasteiger partial charge is 0.0670 e. The molecular weight excluding hydrogens is 196 g/mol. The topological polar surface area (TPSA) is 49.8 Å². The van der Waals surface area contributed by atoms with Crippen molar-refractivity contribution in [2.24, 2.45) is 0 Å². The van der Waals surface area contributed by atoms with Crippen LogP contribution >= 0.6 is 0 Å². The zero-order chi connectivity index (χ0) is 11.4. The molecule has 0 amide bonds. The first-order valence-corrected chi connectivity index (χ1v) is 5.12. The highest BCUT2D eigenvalue weighted by molar-refractivity contribution is 5.80. The van der Waals surface area contributed by atoms with E-state index in [0.29, 0.717) is 12.1 Å². The van der Waals surface area contributed by atoms with Crippen LogP contribution in [0, 0.1) is 11.3 Å². The van der Waals surface area contributed by atoms with E-state index >= 15 is 0 Å². The molecular formula is C14H12N2. The molecule has 0 saturated carbocycles. The third-order valence-electron chi connectivity index (χ3n) is 2.44. The number of hydrogen-bond donors (Lipinski definition) is 1. The van der Waals surface area contributed by atoms with Crippen molar-refractivity contribution in [3.8, 4) is 17.2 Å². The van der Waals surface area contributed by atoms with E-state index in [1.54, 1.807) is 6.07 Å². The number of nitriles is 1. The van der Waals surface area contributed by atoms with Crippen molar-refractivity contribution in [2.45, 2.75) is 6.42 Å². The molecule has 0 bridgehead atoms. The van der Waals surface area contributed by atoms with Crippen LogP contribution in [0.25, 0.3) is 11.1 Å². The number of nitrogens with zero attached hydrogens (tertiary/aromatic N) is 1. The number of benzene rings is 2. The van der Waals surface area contributed by atoms with Gasteiger partial charge >= 0.3 is 0 Å². The highest BCUT2D eigenvalue weighted by atomic mass is 14.6. The summed E-state index contributed by atoms with van der Waals surface area (Å²) < 4.78 is 0. The average Bonchev–Trinajstić information content (AvgIpc) is 2.90. The largest absolute Gasteiger partial charge is 0.398 e. The van der Waals surface area contributed by atoms with Crippen LogP contribution in [0.15, 0.2) is 48.5 Å². The molecule has 16 heavy (non-hydrogen) atoms. The molecule has 1 aromatic carbocycles. The van der Waals surface area contributed by atoms with Gasteiger partial charge in [-0.1, -0.05) is 36.4 Å². The predicted molar refractivity (Wildman–Crippen MR) is 65.6 cm³/mol. The van der Waals surface area contributed by atoms with Gasteiger partial charge in [-0.3, -0.25) is 0 Å². The van der Waals surface area contributed by atoms with E-state index in [-0.39, 0.29) is 0 Å². The zero-order valence-corrected chi connectivity index (χ0v) is 8.85. The molecule has 2 N–H and O–H groups in total. The fourth-order valence-electron chi connectivity index (χ4n) is 1.46. The van der Waals surface area contributed by atoms with Crippen LogP contribution in [-0.4, -0.2) is 0 Å². The Labute approximate surface area is 95.0 Å². The molecule has 2 aliphatic carbocycles. The molecule has 0 radical (unpaired) electrons. The minimum Gasteiger partial charge on any atom is -0.398 e. The molecule has 78 valence electrons. The molecule has 0 fully saturated rings. The Kier molecular flexibility index (Phi) is 2.88. The highest BCUT2D eigenvalue weighted by Crippen LogP contribution is 2.32. The maximum atomic E-state index is 8.34. The van der Waals surface area contributed by atoms with Gasteiger partial charge in [0.15, 0.2) is 0 Å². The molecule has 0 atom stereocenters. The quantitative estimate of drug-likeness (QED) is 0.625. The Hall–Kier alpha value is -2.27. The zero-order valence-electron chi connectivity index (χ0n) is 8.85. The van der Waals surface area contributed by atoms with Gasteiger partial charge in [0.05, 0.1) is 12.5 Å². The number of anilines is 1. The van der Waals surface area contributed by atoms with Gasteiger partial charge in [0.1, 0.15) is 0 Å². The van der Waals surface area contributed by atoms with E-state index in [4.69, 9.17) is 11.0 Å². The van der Waals surface area contributed by atoms with Crippen molar-refractivity contribution in [1.29, 1.82) is 5.26 Å². The minimum absolute atomic E-state index is 0.396. The van der Waals surface area contributed by atoms with Crippen LogP contribution in [0.1, 0.15) is 5.56 Å². The molecule has 0 unspecified atom stereocenters. The number of nitrogen functional groups attached to an aromatic ring is 1. The van der Waals surface area contributed by atoms with Crippen molar-refractivity contribution in [2.75, 3.05) is 5.73 Å². The Morgan fingerprint density at radius 1 is 1.00 bits per heavy atom. The molecule has 2 nitrogen and oxygen atoms in total. The van der Waals surface area contributed by atoms with Gasteiger partial charge in [-0.2, -0.15) is 5.26 Å². The Bertz CT molecular complexity index is 521. The fourth-order valence-corrected chi connectivity index (χ4v) is 1.46. The van der Waals surface area contributed by atoms with Crippen molar-refractivity contribution >= 4 is 5.69 Å². The normalized spacial score (nSPS) is 9.69. The summed E-state index contributed by atoms with van der Waals surface area (Å²) >= 11 is 0. The molecule has 2 heteroatoms. The third kappa shape index (κ3) is 2.40. The van der Waals surface area contributed by atoms with E-state index in [2.05, 4.69) is 24.3 Å². The second-order valence-electron chi connectivity index (χ2n) is 3.61. The molecule has 0 aromatic heterocycles. The van der Waals surface area contributed by atoms with Crippen LogP contribution in [-0.2, 0) is 6.42 Å². The molecule has 0 aliphatic heterocycles. The molecule has 0 heterocycles. The van der Waals surface area contributed by atoms with Crippen LogP contribution in [0.4, 0.5) is 5.69 Å². The van der Waals surface area contributed by atoms with Gasteiger partial charge < -0.3 is 5.73 Å².